The Morgan fingerprint density at radius 2 is 1.75 bits per heavy atom. The Kier molecular flexibility index (Phi) is 7.43. The zero-order valence-corrected chi connectivity index (χ0v) is 17.2. The van der Waals surface area contributed by atoms with E-state index in [-0.39, 0.29) is 16.3 Å². The summed E-state index contributed by atoms with van der Waals surface area (Å²) in [4.78, 5) is 2.37. The summed E-state index contributed by atoms with van der Waals surface area (Å²) in [6.45, 7) is 6.09. The van der Waals surface area contributed by atoms with Crippen LogP contribution in [0.5, 0.6) is 5.75 Å². The van der Waals surface area contributed by atoms with Gasteiger partial charge in [-0.1, -0.05) is 0 Å². The number of rotatable bonds is 6. The lowest BCUT2D eigenvalue weighted by atomic mass is 10.3. The molecule has 9 nitrogen and oxygen atoms in total. The molecule has 2 saturated heterocycles. The number of phenols is 1. The fourth-order valence-electron chi connectivity index (χ4n) is 3.03. The van der Waals surface area contributed by atoms with E-state index in [4.69, 9.17) is 21.7 Å². The molecule has 28 heavy (non-hydrogen) atoms. The van der Waals surface area contributed by atoms with Crippen molar-refractivity contribution in [3.63, 3.8) is 0 Å². The van der Waals surface area contributed by atoms with Crippen molar-refractivity contribution in [1.29, 1.82) is 0 Å². The number of hydrogen-bond donors (Lipinski definition) is 3. The van der Waals surface area contributed by atoms with Gasteiger partial charge >= 0.3 is 0 Å². The van der Waals surface area contributed by atoms with Crippen LogP contribution in [0.25, 0.3) is 0 Å². The molecule has 0 atom stereocenters. The fraction of sp³-hybridized carbons (Fsp3) is 0.588. The van der Waals surface area contributed by atoms with Crippen LogP contribution >= 0.6 is 12.2 Å². The van der Waals surface area contributed by atoms with Gasteiger partial charge in [0.05, 0.1) is 37.0 Å². The summed E-state index contributed by atoms with van der Waals surface area (Å²) in [5.41, 5.74) is 0.248. The van der Waals surface area contributed by atoms with Crippen molar-refractivity contribution in [1.82, 2.24) is 14.5 Å². The Bertz CT molecular complexity index is 778. The lowest BCUT2D eigenvalue weighted by Crippen LogP contribution is -2.42. The SMILES string of the molecule is O=S(=O)(c1ccc(O)c(NC(=S)NCCN2CCOCC2)c1)N1CCOCC1. The molecular weight excluding hydrogens is 404 g/mol. The van der Waals surface area contributed by atoms with Crippen molar-refractivity contribution in [2.75, 3.05) is 71.0 Å². The molecule has 2 aliphatic heterocycles. The van der Waals surface area contributed by atoms with Gasteiger partial charge in [0.1, 0.15) is 5.75 Å². The minimum atomic E-state index is -3.65. The monoisotopic (exact) mass is 430 g/mol. The number of thiocarbonyl (C=S) groups is 1. The minimum absolute atomic E-state index is 0.0711. The highest BCUT2D eigenvalue weighted by molar-refractivity contribution is 7.89. The van der Waals surface area contributed by atoms with Gasteiger partial charge in [-0.2, -0.15) is 4.31 Å². The van der Waals surface area contributed by atoms with E-state index in [1.165, 1.54) is 22.5 Å². The number of sulfonamides is 1. The molecule has 0 saturated carbocycles. The van der Waals surface area contributed by atoms with Crippen molar-refractivity contribution < 1.29 is 23.0 Å². The van der Waals surface area contributed by atoms with Crippen LogP contribution in [0.1, 0.15) is 0 Å². The van der Waals surface area contributed by atoms with Gasteiger partial charge in [-0.25, -0.2) is 8.42 Å². The van der Waals surface area contributed by atoms with Crippen LogP contribution in [0.4, 0.5) is 5.69 Å². The maximum absolute atomic E-state index is 12.8. The summed E-state index contributed by atoms with van der Waals surface area (Å²) < 4.78 is 37.5. The molecule has 11 heteroatoms. The normalized spacial score (nSPS) is 19.3. The average Bonchev–Trinajstić information content (AvgIpc) is 2.71. The first kappa shape index (κ1) is 21.2. The maximum atomic E-state index is 12.8. The number of phenolic OH excluding ortho intramolecular Hbond substituents is 1. The van der Waals surface area contributed by atoms with E-state index in [9.17, 15) is 13.5 Å². The Morgan fingerprint density at radius 3 is 2.43 bits per heavy atom. The van der Waals surface area contributed by atoms with Gasteiger partial charge in [-0.15, -0.1) is 0 Å². The molecule has 2 fully saturated rings. The van der Waals surface area contributed by atoms with Crippen LogP contribution in [0.3, 0.4) is 0 Å². The van der Waals surface area contributed by atoms with Crippen LogP contribution < -0.4 is 10.6 Å². The number of hydrogen-bond acceptors (Lipinski definition) is 7. The highest BCUT2D eigenvalue weighted by Gasteiger charge is 2.27. The molecule has 2 heterocycles. The highest BCUT2D eigenvalue weighted by atomic mass is 32.2. The minimum Gasteiger partial charge on any atom is -0.506 e. The molecule has 2 aliphatic rings. The van der Waals surface area contributed by atoms with Gasteiger partial charge in [0, 0.05) is 39.3 Å². The topological polar surface area (TPSA) is 103 Å². The van der Waals surface area contributed by atoms with Gasteiger partial charge in [0.25, 0.3) is 0 Å². The molecule has 0 spiro atoms. The maximum Gasteiger partial charge on any atom is 0.243 e. The Morgan fingerprint density at radius 1 is 1.11 bits per heavy atom. The lowest BCUT2D eigenvalue weighted by molar-refractivity contribution is 0.0389. The first-order valence-corrected chi connectivity index (χ1v) is 11.1. The zero-order valence-electron chi connectivity index (χ0n) is 15.6. The summed E-state index contributed by atoms with van der Waals surface area (Å²) in [5.74, 6) is -0.0711. The van der Waals surface area contributed by atoms with Gasteiger partial charge in [-0.3, -0.25) is 4.90 Å². The second kappa shape index (κ2) is 9.81. The molecule has 0 unspecified atom stereocenters. The number of morpholine rings is 2. The molecule has 0 aliphatic carbocycles. The van der Waals surface area contributed by atoms with E-state index in [2.05, 4.69) is 15.5 Å². The van der Waals surface area contributed by atoms with E-state index in [0.29, 0.717) is 38.0 Å². The molecule has 3 N–H and O–H groups in total. The molecule has 0 bridgehead atoms. The van der Waals surface area contributed by atoms with E-state index >= 15 is 0 Å². The summed E-state index contributed by atoms with van der Waals surface area (Å²) in [7, 11) is -3.65. The van der Waals surface area contributed by atoms with Gasteiger partial charge < -0.3 is 25.2 Å². The molecular formula is C17H26N4O5S2. The second-order valence-electron chi connectivity index (χ2n) is 6.53. The summed E-state index contributed by atoms with van der Waals surface area (Å²) in [6.07, 6.45) is 0. The zero-order chi connectivity index (χ0) is 20.0. The summed E-state index contributed by atoms with van der Waals surface area (Å²) in [6, 6.07) is 4.14. The average molecular weight is 431 g/mol. The van der Waals surface area contributed by atoms with Crippen molar-refractivity contribution in [2.24, 2.45) is 0 Å². The standard InChI is InChI=1S/C17H26N4O5S2/c22-16-2-1-14(28(23,24)21-7-11-26-12-8-21)13-15(16)19-17(27)18-3-4-20-5-9-25-10-6-20/h1-2,13,22H,3-12H2,(H2,18,19,27). The molecule has 0 amide bonds. The second-order valence-corrected chi connectivity index (χ2v) is 8.88. The number of nitrogens with one attached hydrogen (secondary N) is 2. The number of benzene rings is 1. The molecule has 0 radical (unpaired) electrons. The Hall–Kier alpha value is -1.50. The first-order valence-electron chi connectivity index (χ1n) is 9.23. The van der Waals surface area contributed by atoms with Gasteiger partial charge in [0.15, 0.2) is 5.11 Å². The van der Waals surface area contributed by atoms with Crippen LogP contribution in [0.2, 0.25) is 0 Å². The van der Waals surface area contributed by atoms with Crippen LogP contribution in [0, 0.1) is 0 Å². The molecule has 1 aromatic rings. The van der Waals surface area contributed by atoms with Crippen molar-refractivity contribution >= 4 is 33.0 Å². The predicted molar refractivity (Wildman–Crippen MR) is 109 cm³/mol. The van der Waals surface area contributed by atoms with E-state index in [1.807, 2.05) is 0 Å². The van der Waals surface area contributed by atoms with Crippen molar-refractivity contribution in [3.05, 3.63) is 18.2 Å². The largest absolute Gasteiger partial charge is 0.506 e. The van der Waals surface area contributed by atoms with E-state index in [0.717, 1.165) is 32.8 Å². The van der Waals surface area contributed by atoms with E-state index in [1.54, 1.807) is 0 Å². The van der Waals surface area contributed by atoms with E-state index < -0.39 is 10.0 Å². The number of nitrogens with zero attached hydrogens (tertiary/aromatic N) is 2. The molecule has 0 aromatic heterocycles. The predicted octanol–water partition coefficient (Wildman–Crippen LogP) is 0.0317. The number of anilines is 1. The van der Waals surface area contributed by atoms with Gasteiger partial charge in [-0.05, 0) is 30.4 Å². The first-order chi connectivity index (χ1) is 13.5. The molecule has 1 aromatic carbocycles. The molecule has 156 valence electrons. The third-order valence-electron chi connectivity index (χ3n) is 4.64. The molecule has 3 rings (SSSR count). The third-order valence-corrected chi connectivity index (χ3v) is 6.78. The quantitative estimate of drug-likeness (QED) is 0.426. The summed E-state index contributed by atoms with van der Waals surface area (Å²) in [5, 5.41) is 16.4. The van der Waals surface area contributed by atoms with Crippen LogP contribution in [-0.2, 0) is 19.5 Å². The highest BCUT2D eigenvalue weighted by Crippen LogP contribution is 2.28. The Labute approximate surface area is 170 Å². The van der Waals surface area contributed by atoms with Crippen LogP contribution in [0.15, 0.2) is 23.1 Å². The van der Waals surface area contributed by atoms with Gasteiger partial charge in [0.2, 0.25) is 10.0 Å². The smallest absolute Gasteiger partial charge is 0.243 e. The number of ether oxygens (including phenoxy) is 2. The van der Waals surface area contributed by atoms with Crippen molar-refractivity contribution in [3.8, 4) is 5.75 Å². The van der Waals surface area contributed by atoms with Crippen LogP contribution in [-0.4, -0.2) is 93.5 Å². The van der Waals surface area contributed by atoms with Crippen molar-refractivity contribution in [2.45, 2.75) is 4.90 Å². The summed E-state index contributed by atoms with van der Waals surface area (Å²) >= 11 is 5.27. The third kappa shape index (κ3) is 5.52. The number of aromatic hydroxyl groups is 1. The Balaban J connectivity index is 1.58. The fourth-order valence-corrected chi connectivity index (χ4v) is 4.68. The lowest BCUT2D eigenvalue weighted by Gasteiger charge is -2.27.